The molecule has 128 valence electrons. The predicted octanol–water partition coefficient (Wildman–Crippen LogP) is 4.53. The smallest absolute Gasteiger partial charge is 0.234 e. The number of carbonyl (C=O) groups is 1. The number of thioether (sulfide) groups is 1. The monoisotopic (exact) mass is 351 g/mol. The Morgan fingerprint density at radius 3 is 2.52 bits per heavy atom. The van der Waals surface area contributed by atoms with Crippen molar-refractivity contribution in [2.24, 2.45) is 0 Å². The summed E-state index contributed by atoms with van der Waals surface area (Å²) in [4.78, 5) is 13.5. The number of aromatic nitrogens is 2. The standard InChI is InChI=1S/C20H21N3OS/c1-14-8-4-7-11-19(14)25-13-20(24)21-17-9-5-6-10-18(17)23-16(3)12-15(2)22-23/h4-12H,13H2,1-3H3,(H,21,24). The van der Waals surface area contributed by atoms with Gasteiger partial charge in [-0.1, -0.05) is 30.3 Å². The molecular weight excluding hydrogens is 330 g/mol. The average Bonchev–Trinajstić information content (AvgIpc) is 2.93. The number of nitrogens with one attached hydrogen (secondary N) is 1. The van der Waals surface area contributed by atoms with Crippen LogP contribution in [0.1, 0.15) is 17.0 Å². The molecule has 3 rings (SSSR count). The lowest BCUT2D eigenvalue weighted by atomic mass is 10.2. The van der Waals surface area contributed by atoms with Crippen LogP contribution in [0.2, 0.25) is 0 Å². The molecule has 25 heavy (non-hydrogen) atoms. The van der Waals surface area contributed by atoms with Crippen molar-refractivity contribution in [3.8, 4) is 5.69 Å². The maximum Gasteiger partial charge on any atom is 0.234 e. The van der Waals surface area contributed by atoms with Crippen LogP contribution >= 0.6 is 11.8 Å². The van der Waals surface area contributed by atoms with E-state index < -0.39 is 0 Å². The van der Waals surface area contributed by atoms with Crippen molar-refractivity contribution < 1.29 is 4.79 Å². The highest BCUT2D eigenvalue weighted by Crippen LogP contribution is 2.24. The van der Waals surface area contributed by atoms with Crippen LogP contribution in [-0.2, 0) is 4.79 Å². The Bertz CT molecular complexity index is 901. The molecule has 0 atom stereocenters. The van der Waals surface area contributed by atoms with Crippen LogP contribution in [0, 0.1) is 20.8 Å². The van der Waals surface area contributed by atoms with Crippen LogP contribution in [0.5, 0.6) is 0 Å². The highest BCUT2D eigenvalue weighted by molar-refractivity contribution is 8.00. The number of amides is 1. The molecule has 4 nitrogen and oxygen atoms in total. The number of benzene rings is 2. The Kier molecular flexibility index (Phi) is 5.24. The van der Waals surface area contributed by atoms with Gasteiger partial charge in [-0.2, -0.15) is 5.10 Å². The van der Waals surface area contributed by atoms with Gasteiger partial charge in [0.1, 0.15) is 0 Å². The zero-order valence-corrected chi connectivity index (χ0v) is 15.4. The second kappa shape index (κ2) is 7.57. The van der Waals surface area contributed by atoms with E-state index in [9.17, 15) is 4.79 Å². The maximum atomic E-state index is 12.4. The average molecular weight is 351 g/mol. The summed E-state index contributed by atoms with van der Waals surface area (Å²) >= 11 is 1.55. The number of nitrogens with zero attached hydrogens (tertiary/aromatic N) is 2. The van der Waals surface area contributed by atoms with E-state index in [0.29, 0.717) is 5.75 Å². The lowest BCUT2D eigenvalue weighted by molar-refractivity contribution is -0.113. The number of hydrogen-bond donors (Lipinski definition) is 1. The summed E-state index contributed by atoms with van der Waals surface area (Å²) in [6, 6.07) is 17.8. The van der Waals surface area contributed by atoms with Gasteiger partial charge in [0.15, 0.2) is 0 Å². The fraction of sp³-hybridized carbons (Fsp3) is 0.200. The van der Waals surface area contributed by atoms with E-state index in [1.807, 2.05) is 67.1 Å². The van der Waals surface area contributed by atoms with Gasteiger partial charge in [-0.25, -0.2) is 4.68 Å². The van der Waals surface area contributed by atoms with Crippen LogP contribution in [0.3, 0.4) is 0 Å². The number of anilines is 1. The van der Waals surface area contributed by atoms with Gasteiger partial charge in [-0.15, -0.1) is 11.8 Å². The van der Waals surface area contributed by atoms with Crippen molar-refractivity contribution in [1.82, 2.24) is 9.78 Å². The third-order valence-corrected chi connectivity index (χ3v) is 5.04. The lowest BCUT2D eigenvalue weighted by Crippen LogP contribution is -2.16. The lowest BCUT2D eigenvalue weighted by Gasteiger charge is -2.12. The van der Waals surface area contributed by atoms with Crippen molar-refractivity contribution in [3.05, 3.63) is 71.5 Å². The van der Waals surface area contributed by atoms with E-state index in [1.54, 1.807) is 11.8 Å². The van der Waals surface area contributed by atoms with Crippen LogP contribution in [-0.4, -0.2) is 21.4 Å². The molecule has 0 saturated heterocycles. The van der Waals surface area contributed by atoms with Crippen LogP contribution < -0.4 is 5.32 Å². The van der Waals surface area contributed by atoms with Crippen molar-refractivity contribution in [2.45, 2.75) is 25.7 Å². The van der Waals surface area contributed by atoms with Crippen LogP contribution in [0.25, 0.3) is 5.69 Å². The normalized spacial score (nSPS) is 10.7. The molecule has 0 fully saturated rings. The van der Waals surface area contributed by atoms with E-state index in [4.69, 9.17) is 0 Å². The summed E-state index contributed by atoms with van der Waals surface area (Å²) in [7, 11) is 0. The molecule has 3 aromatic rings. The van der Waals surface area contributed by atoms with Crippen LogP contribution in [0.15, 0.2) is 59.5 Å². The van der Waals surface area contributed by atoms with Gasteiger partial charge in [-0.3, -0.25) is 4.79 Å². The molecule has 0 spiro atoms. The Balaban J connectivity index is 1.74. The highest BCUT2D eigenvalue weighted by atomic mass is 32.2. The van der Waals surface area contributed by atoms with Gasteiger partial charge in [0.25, 0.3) is 0 Å². The Hall–Kier alpha value is -2.53. The number of aryl methyl sites for hydroxylation is 3. The van der Waals surface area contributed by atoms with Gasteiger partial charge < -0.3 is 5.32 Å². The van der Waals surface area contributed by atoms with E-state index in [2.05, 4.69) is 23.4 Å². The minimum atomic E-state index is -0.0257. The second-order valence-corrected chi connectivity index (χ2v) is 6.98. The first-order valence-corrected chi connectivity index (χ1v) is 9.14. The molecule has 1 amide bonds. The highest BCUT2D eigenvalue weighted by Gasteiger charge is 2.11. The van der Waals surface area contributed by atoms with E-state index >= 15 is 0 Å². The molecule has 1 heterocycles. The van der Waals surface area contributed by atoms with Crippen molar-refractivity contribution in [1.29, 1.82) is 0 Å². The molecule has 0 unspecified atom stereocenters. The van der Waals surface area contributed by atoms with E-state index in [1.165, 1.54) is 5.56 Å². The molecule has 5 heteroatoms. The predicted molar refractivity (Wildman–Crippen MR) is 104 cm³/mol. The number of carbonyl (C=O) groups excluding carboxylic acids is 1. The van der Waals surface area contributed by atoms with E-state index in [0.717, 1.165) is 27.7 Å². The molecule has 0 saturated carbocycles. The molecule has 0 aliphatic rings. The molecule has 0 aliphatic carbocycles. The zero-order chi connectivity index (χ0) is 17.8. The third-order valence-electron chi connectivity index (χ3n) is 3.87. The molecule has 0 aliphatic heterocycles. The fourth-order valence-electron chi connectivity index (χ4n) is 2.68. The molecule has 1 N–H and O–H groups in total. The molecule has 0 bridgehead atoms. The number of para-hydroxylation sites is 2. The van der Waals surface area contributed by atoms with E-state index in [-0.39, 0.29) is 5.91 Å². The van der Waals surface area contributed by atoms with Gasteiger partial charge in [0, 0.05) is 10.6 Å². The van der Waals surface area contributed by atoms with Crippen molar-refractivity contribution in [3.63, 3.8) is 0 Å². The van der Waals surface area contributed by atoms with Crippen LogP contribution in [0.4, 0.5) is 5.69 Å². The molecule has 0 radical (unpaired) electrons. The van der Waals surface area contributed by atoms with Crippen molar-refractivity contribution in [2.75, 3.05) is 11.1 Å². The molecular formula is C20H21N3OS. The van der Waals surface area contributed by atoms with Gasteiger partial charge in [0.05, 0.1) is 22.8 Å². The molecule has 1 aromatic heterocycles. The fourth-order valence-corrected chi connectivity index (χ4v) is 3.51. The Morgan fingerprint density at radius 2 is 1.80 bits per heavy atom. The first-order valence-electron chi connectivity index (χ1n) is 8.15. The number of rotatable bonds is 5. The first kappa shape index (κ1) is 17.3. The quantitative estimate of drug-likeness (QED) is 0.687. The summed E-state index contributed by atoms with van der Waals surface area (Å²) < 4.78 is 1.86. The SMILES string of the molecule is Cc1cc(C)n(-c2ccccc2NC(=O)CSc2ccccc2C)n1. The Labute approximate surface area is 152 Å². The number of hydrogen-bond acceptors (Lipinski definition) is 3. The minimum Gasteiger partial charge on any atom is -0.323 e. The second-order valence-electron chi connectivity index (χ2n) is 5.96. The van der Waals surface area contributed by atoms with Gasteiger partial charge in [-0.05, 0) is 50.6 Å². The maximum absolute atomic E-state index is 12.4. The first-order chi connectivity index (χ1) is 12.0. The minimum absolute atomic E-state index is 0.0257. The summed E-state index contributed by atoms with van der Waals surface area (Å²) in [5.74, 6) is 0.346. The van der Waals surface area contributed by atoms with Crippen molar-refractivity contribution >= 4 is 23.4 Å². The largest absolute Gasteiger partial charge is 0.323 e. The van der Waals surface area contributed by atoms with Gasteiger partial charge in [0.2, 0.25) is 5.91 Å². The summed E-state index contributed by atoms with van der Waals surface area (Å²) in [5, 5.41) is 7.53. The summed E-state index contributed by atoms with van der Waals surface area (Å²) in [6.45, 7) is 6.02. The Morgan fingerprint density at radius 1 is 1.08 bits per heavy atom. The topological polar surface area (TPSA) is 46.9 Å². The molecule has 2 aromatic carbocycles. The third kappa shape index (κ3) is 4.12. The summed E-state index contributed by atoms with van der Waals surface area (Å²) in [6.07, 6.45) is 0. The zero-order valence-electron chi connectivity index (χ0n) is 14.6. The van der Waals surface area contributed by atoms with Gasteiger partial charge >= 0.3 is 0 Å². The summed E-state index contributed by atoms with van der Waals surface area (Å²) in [5.41, 5.74) is 4.82.